The Morgan fingerprint density at radius 2 is 1.83 bits per heavy atom. The number of carboxylic acid groups (broad SMARTS) is 1. The minimum atomic E-state index is -3.61. The summed E-state index contributed by atoms with van der Waals surface area (Å²) in [4.78, 5) is 24.0. The molecule has 0 aromatic heterocycles. The molecule has 0 aliphatic rings. The molecule has 128 valence electrons. The van der Waals surface area contributed by atoms with Gasteiger partial charge in [-0.15, -0.1) is 0 Å². The van der Waals surface area contributed by atoms with E-state index in [0.29, 0.717) is 12.0 Å². The van der Waals surface area contributed by atoms with Gasteiger partial charge >= 0.3 is 5.97 Å². The molecule has 7 nitrogen and oxygen atoms in total. The zero-order chi connectivity index (χ0) is 17.6. The molecule has 1 aromatic rings. The van der Waals surface area contributed by atoms with E-state index in [1.807, 2.05) is 6.92 Å². The molecule has 1 rings (SSSR count). The normalized spacial score (nSPS) is 12.7. The molecule has 2 N–H and O–H groups in total. The van der Waals surface area contributed by atoms with E-state index < -0.39 is 16.0 Å². The molecule has 0 heterocycles. The number of nitrogens with zero attached hydrogens (tertiary/aromatic N) is 1. The first-order chi connectivity index (χ1) is 10.7. The Morgan fingerprint density at radius 1 is 1.26 bits per heavy atom. The van der Waals surface area contributed by atoms with Crippen LogP contribution in [0.5, 0.6) is 0 Å². The van der Waals surface area contributed by atoms with Crippen LogP contribution in [-0.4, -0.2) is 49.9 Å². The Hall–Kier alpha value is -1.93. The highest BCUT2D eigenvalue weighted by atomic mass is 32.2. The standard InChI is InChI=1S/C15H22N2O5S/c1-4-11(2)16-23(21,22)13-7-5-12(6-8-13)15(20)17(3)10-9-14(18)19/h5-8,11,16H,4,9-10H2,1-3H3,(H,18,19). The van der Waals surface area contributed by atoms with Crippen LogP contribution in [0, 0.1) is 0 Å². The van der Waals surface area contributed by atoms with Gasteiger partial charge in [-0.25, -0.2) is 13.1 Å². The number of benzene rings is 1. The van der Waals surface area contributed by atoms with E-state index >= 15 is 0 Å². The molecule has 0 spiro atoms. The number of nitrogens with one attached hydrogen (secondary N) is 1. The number of carboxylic acids is 1. The Balaban J connectivity index is 2.83. The Morgan fingerprint density at radius 3 is 2.30 bits per heavy atom. The van der Waals surface area contributed by atoms with Crippen molar-refractivity contribution in [2.24, 2.45) is 0 Å². The van der Waals surface area contributed by atoms with Crippen molar-refractivity contribution in [3.05, 3.63) is 29.8 Å². The third-order valence-electron chi connectivity index (χ3n) is 3.39. The molecule has 0 aliphatic heterocycles. The van der Waals surface area contributed by atoms with Gasteiger partial charge in [-0.05, 0) is 37.6 Å². The van der Waals surface area contributed by atoms with Crippen molar-refractivity contribution in [2.75, 3.05) is 13.6 Å². The highest BCUT2D eigenvalue weighted by Crippen LogP contribution is 2.13. The van der Waals surface area contributed by atoms with Gasteiger partial charge in [0.25, 0.3) is 5.91 Å². The third-order valence-corrected chi connectivity index (χ3v) is 4.99. The zero-order valence-corrected chi connectivity index (χ0v) is 14.3. The summed E-state index contributed by atoms with van der Waals surface area (Å²) in [6, 6.07) is 5.39. The first-order valence-electron chi connectivity index (χ1n) is 7.27. The summed E-state index contributed by atoms with van der Waals surface area (Å²) in [5.74, 6) is -1.34. The van der Waals surface area contributed by atoms with Crippen LogP contribution in [0.4, 0.5) is 0 Å². The van der Waals surface area contributed by atoms with E-state index in [9.17, 15) is 18.0 Å². The Labute approximate surface area is 136 Å². The lowest BCUT2D eigenvalue weighted by atomic mass is 10.2. The number of carbonyl (C=O) groups excluding carboxylic acids is 1. The second kappa shape index (κ2) is 8.07. The number of rotatable bonds is 8. The van der Waals surface area contributed by atoms with E-state index in [1.54, 1.807) is 6.92 Å². The summed E-state index contributed by atoms with van der Waals surface area (Å²) in [6.45, 7) is 3.73. The lowest BCUT2D eigenvalue weighted by Crippen LogP contribution is -2.32. The Bertz CT molecular complexity index is 655. The van der Waals surface area contributed by atoms with Crippen LogP contribution in [0.25, 0.3) is 0 Å². The van der Waals surface area contributed by atoms with Gasteiger partial charge in [-0.3, -0.25) is 9.59 Å². The monoisotopic (exact) mass is 342 g/mol. The summed E-state index contributed by atoms with van der Waals surface area (Å²) in [5.41, 5.74) is 0.306. The van der Waals surface area contributed by atoms with E-state index in [1.165, 1.54) is 36.2 Å². The van der Waals surface area contributed by atoms with Gasteiger partial charge in [0.15, 0.2) is 0 Å². The van der Waals surface area contributed by atoms with Crippen LogP contribution in [0.1, 0.15) is 37.0 Å². The summed E-state index contributed by atoms with van der Waals surface area (Å²) in [6.07, 6.45) is 0.525. The van der Waals surface area contributed by atoms with Crippen LogP contribution >= 0.6 is 0 Å². The molecule has 0 radical (unpaired) electrons. The molecule has 0 fully saturated rings. The fourth-order valence-electron chi connectivity index (χ4n) is 1.78. The summed E-state index contributed by atoms with van der Waals surface area (Å²) < 4.78 is 26.8. The van der Waals surface area contributed by atoms with Gasteiger partial charge in [0.05, 0.1) is 11.3 Å². The van der Waals surface area contributed by atoms with E-state index in [2.05, 4.69) is 4.72 Å². The predicted molar refractivity (Wildman–Crippen MR) is 85.7 cm³/mol. The van der Waals surface area contributed by atoms with E-state index in [4.69, 9.17) is 5.11 Å². The molecule has 0 aliphatic carbocycles. The van der Waals surface area contributed by atoms with Crippen molar-refractivity contribution >= 4 is 21.9 Å². The number of hydrogen-bond acceptors (Lipinski definition) is 4. The van der Waals surface area contributed by atoms with Crippen LogP contribution in [0.2, 0.25) is 0 Å². The average molecular weight is 342 g/mol. The molecule has 1 amide bonds. The van der Waals surface area contributed by atoms with Gasteiger partial charge in [-0.1, -0.05) is 6.92 Å². The van der Waals surface area contributed by atoms with Crippen LogP contribution < -0.4 is 4.72 Å². The molecule has 23 heavy (non-hydrogen) atoms. The first kappa shape index (κ1) is 19.1. The molecule has 1 aromatic carbocycles. The molecule has 1 unspecified atom stereocenters. The second-order valence-electron chi connectivity index (χ2n) is 5.33. The molecule has 1 atom stereocenters. The maximum Gasteiger partial charge on any atom is 0.305 e. The van der Waals surface area contributed by atoms with E-state index in [-0.39, 0.29) is 29.8 Å². The predicted octanol–water partition coefficient (Wildman–Crippen LogP) is 1.31. The minimum absolute atomic E-state index is 0.0857. The quantitative estimate of drug-likeness (QED) is 0.741. The molecular weight excluding hydrogens is 320 g/mol. The number of sulfonamides is 1. The van der Waals surface area contributed by atoms with Crippen LogP contribution in [0.3, 0.4) is 0 Å². The third kappa shape index (κ3) is 5.65. The van der Waals surface area contributed by atoms with Gasteiger partial charge in [0.1, 0.15) is 0 Å². The van der Waals surface area contributed by atoms with Crippen LogP contribution in [-0.2, 0) is 14.8 Å². The highest BCUT2D eigenvalue weighted by molar-refractivity contribution is 7.89. The number of carbonyl (C=O) groups is 2. The van der Waals surface area contributed by atoms with Gasteiger partial charge in [-0.2, -0.15) is 0 Å². The number of amides is 1. The Kier molecular flexibility index (Phi) is 6.71. The second-order valence-corrected chi connectivity index (χ2v) is 7.04. The lowest BCUT2D eigenvalue weighted by Gasteiger charge is -2.16. The SMILES string of the molecule is CCC(C)NS(=O)(=O)c1ccc(C(=O)N(C)CCC(=O)O)cc1. The van der Waals surface area contributed by atoms with Crippen molar-refractivity contribution in [2.45, 2.75) is 37.6 Å². The lowest BCUT2D eigenvalue weighted by molar-refractivity contribution is -0.137. The minimum Gasteiger partial charge on any atom is -0.481 e. The van der Waals surface area contributed by atoms with Gasteiger partial charge in [0, 0.05) is 25.2 Å². The van der Waals surface area contributed by atoms with Crippen molar-refractivity contribution in [3.8, 4) is 0 Å². The molecular formula is C15H22N2O5S. The van der Waals surface area contributed by atoms with Gasteiger partial charge in [0.2, 0.25) is 10.0 Å². The summed E-state index contributed by atoms with van der Waals surface area (Å²) in [5, 5.41) is 8.62. The summed E-state index contributed by atoms with van der Waals surface area (Å²) in [7, 11) is -2.11. The van der Waals surface area contributed by atoms with Gasteiger partial charge < -0.3 is 10.0 Å². The van der Waals surface area contributed by atoms with Crippen molar-refractivity contribution in [1.82, 2.24) is 9.62 Å². The topological polar surface area (TPSA) is 104 Å². The molecule has 0 bridgehead atoms. The summed E-state index contributed by atoms with van der Waals surface area (Å²) >= 11 is 0. The maximum absolute atomic E-state index is 12.1. The maximum atomic E-state index is 12.1. The fourth-order valence-corrected chi connectivity index (χ4v) is 3.11. The van der Waals surface area contributed by atoms with Crippen molar-refractivity contribution in [3.63, 3.8) is 0 Å². The van der Waals surface area contributed by atoms with Crippen molar-refractivity contribution < 1.29 is 23.1 Å². The molecule has 0 saturated carbocycles. The van der Waals surface area contributed by atoms with Crippen molar-refractivity contribution in [1.29, 1.82) is 0 Å². The smallest absolute Gasteiger partial charge is 0.305 e. The fraction of sp³-hybridized carbons (Fsp3) is 0.467. The molecule has 0 saturated heterocycles. The van der Waals surface area contributed by atoms with E-state index in [0.717, 1.165) is 0 Å². The zero-order valence-electron chi connectivity index (χ0n) is 13.4. The van der Waals surface area contributed by atoms with Crippen LogP contribution in [0.15, 0.2) is 29.2 Å². The number of hydrogen-bond donors (Lipinski definition) is 2. The first-order valence-corrected chi connectivity index (χ1v) is 8.75. The number of aliphatic carboxylic acids is 1. The molecule has 8 heteroatoms. The highest BCUT2D eigenvalue weighted by Gasteiger charge is 2.18. The largest absolute Gasteiger partial charge is 0.481 e. The average Bonchev–Trinajstić information content (AvgIpc) is 2.51.